The predicted octanol–water partition coefficient (Wildman–Crippen LogP) is 5.33. The molecular formula is C22H19F3N4O2. The maximum Gasteiger partial charge on any atom is 0.417 e. The number of hydrogen-bond acceptors (Lipinski definition) is 3. The second kappa shape index (κ2) is 7.82. The first-order valence-electron chi connectivity index (χ1n) is 9.53. The third-order valence-corrected chi connectivity index (χ3v) is 5.01. The van der Waals surface area contributed by atoms with E-state index in [1.165, 1.54) is 12.1 Å². The minimum atomic E-state index is -4.63. The SMILES string of the molecule is CCn1c(-c2cc(NC(=O)c3ccccc3C(F)(F)F)n[nH]2)cc2c(OC)cccc21. The monoisotopic (exact) mass is 428 g/mol. The number of halogens is 3. The highest BCUT2D eigenvalue weighted by molar-refractivity contribution is 6.05. The van der Waals surface area contributed by atoms with Crippen LogP contribution in [0.2, 0.25) is 0 Å². The van der Waals surface area contributed by atoms with Crippen LogP contribution >= 0.6 is 0 Å². The van der Waals surface area contributed by atoms with Gasteiger partial charge in [-0.2, -0.15) is 18.3 Å². The number of methoxy groups -OCH3 is 1. The number of aromatic nitrogens is 3. The first-order chi connectivity index (χ1) is 14.8. The Bertz CT molecular complexity index is 1260. The molecule has 2 heterocycles. The van der Waals surface area contributed by atoms with E-state index in [4.69, 9.17) is 4.74 Å². The molecule has 0 radical (unpaired) electrons. The van der Waals surface area contributed by atoms with E-state index in [1.807, 2.05) is 31.2 Å². The molecule has 0 spiro atoms. The number of nitrogens with zero attached hydrogens (tertiary/aromatic N) is 2. The largest absolute Gasteiger partial charge is 0.496 e. The average Bonchev–Trinajstić information content (AvgIpc) is 3.36. The zero-order chi connectivity index (χ0) is 22.2. The molecule has 0 unspecified atom stereocenters. The number of aryl methyl sites for hydroxylation is 1. The lowest BCUT2D eigenvalue weighted by Gasteiger charge is -2.11. The van der Waals surface area contributed by atoms with Crippen LogP contribution in [0.5, 0.6) is 5.75 Å². The third-order valence-electron chi connectivity index (χ3n) is 5.01. The van der Waals surface area contributed by atoms with Gasteiger partial charge in [0.25, 0.3) is 5.91 Å². The van der Waals surface area contributed by atoms with Gasteiger partial charge in [0.1, 0.15) is 5.75 Å². The molecule has 4 aromatic rings. The average molecular weight is 428 g/mol. The van der Waals surface area contributed by atoms with E-state index < -0.39 is 23.2 Å². The van der Waals surface area contributed by atoms with Crippen LogP contribution in [0.25, 0.3) is 22.3 Å². The van der Waals surface area contributed by atoms with Crippen LogP contribution in [0, 0.1) is 0 Å². The summed E-state index contributed by atoms with van der Waals surface area (Å²) in [5.74, 6) is -0.0386. The van der Waals surface area contributed by atoms with Crippen molar-refractivity contribution in [1.29, 1.82) is 0 Å². The van der Waals surface area contributed by atoms with Gasteiger partial charge in [-0.05, 0) is 37.3 Å². The van der Waals surface area contributed by atoms with E-state index in [9.17, 15) is 18.0 Å². The van der Waals surface area contributed by atoms with Crippen LogP contribution in [-0.4, -0.2) is 27.8 Å². The van der Waals surface area contributed by atoms with Gasteiger partial charge >= 0.3 is 6.18 Å². The number of alkyl halides is 3. The third kappa shape index (κ3) is 3.74. The standard InChI is InChI=1S/C22H19F3N4O2/c1-3-29-17-9-6-10-19(31-2)14(17)11-18(29)16-12-20(28-27-16)26-21(30)13-7-4-5-8-15(13)22(23,24)25/h4-12H,3H2,1-2H3,(H2,26,27,28,30). The molecule has 0 atom stereocenters. The summed E-state index contributed by atoms with van der Waals surface area (Å²) >= 11 is 0. The molecule has 31 heavy (non-hydrogen) atoms. The lowest BCUT2D eigenvalue weighted by atomic mass is 10.1. The topological polar surface area (TPSA) is 71.9 Å². The summed E-state index contributed by atoms with van der Waals surface area (Å²) in [7, 11) is 1.60. The summed E-state index contributed by atoms with van der Waals surface area (Å²) in [4.78, 5) is 12.5. The van der Waals surface area contributed by atoms with Gasteiger partial charge in [-0.15, -0.1) is 0 Å². The number of anilines is 1. The minimum absolute atomic E-state index is 0.122. The maximum absolute atomic E-state index is 13.2. The molecule has 2 aromatic carbocycles. The number of fused-ring (bicyclic) bond motifs is 1. The molecule has 160 valence electrons. The second-order valence-electron chi connectivity index (χ2n) is 6.83. The van der Waals surface area contributed by atoms with Gasteiger partial charge in [0.05, 0.1) is 35.1 Å². The molecule has 2 N–H and O–H groups in total. The van der Waals surface area contributed by atoms with Crippen molar-refractivity contribution in [2.75, 3.05) is 12.4 Å². The Kier molecular flexibility index (Phi) is 5.18. The minimum Gasteiger partial charge on any atom is -0.496 e. The van der Waals surface area contributed by atoms with Crippen molar-refractivity contribution in [3.63, 3.8) is 0 Å². The van der Waals surface area contributed by atoms with E-state index in [2.05, 4.69) is 20.1 Å². The van der Waals surface area contributed by atoms with Gasteiger partial charge in [0.15, 0.2) is 5.82 Å². The Hall–Kier alpha value is -3.75. The molecule has 9 heteroatoms. The van der Waals surface area contributed by atoms with Gasteiger partial charge in [0.2, 0.25) is 0 Å². The summed E-state index contributed by atoms with van der Waals surface area (Å²) in [6, 6.07) is 13.9. The Balaban J connectivity index is 1.67. The molecule has 4 rings (SSSR count). The molecule has 2 aromatic heterocycles. The zero-order valence-electron chi connectivity index (χ0n) is 16.7. The quantitative estimate of drug-likeness (QED) is 0.451. The van der Waals surface area contributed by atoms with Crippen molar-refractivity contribution < 1.29 is 22.7 Å². The van der Waals surface area contributed by atoms with Crippen LogP contribution in [0.1, 0.15) is 22.8 Å². The van der Waals surface area contributed by atoms with Crippen LogP contribution in [-0.2, 0) is 12.7 Å². The Labute approximate surface area is 175 Å². The summed E-state index contributed by atoms with van der Waals surface area (Å²) in [5, 5.41) is 10.3. The molecule has 0 saturated heterocycles. The number of nitrogens with one attached hydrogen (secondary N) is 2. The van der Waals surface area contributed by atoms with E-state index in [0.717, 1.165) is 34.5 Å². The number of hydrogen-bond donors (Lipinski definition) is 2. The van der Waals surface area contributed by atoms with E-state index in [-0.39, 0.29) is 5.82 Å². The molecule has 0 bridgehead atoms. The van der Waals surface area contributed by atoms with Crippen LogP contribution in [0.4, 0.5) is 19.0 Å². The van der Waals surface area contributed by atoms with Crippen molar-refractivity contribution in [2.45, 2.75) is 19.6 Å². The fourth-order valence-electron chi connectivity index (χ4n) is 3.63. The summed E-state index contributed by atoms with van der Waals surface area (Å²) in [6.45, 7) is 2.67. The smallest absolute Gasteiger partial charge is 0.417 e. The van der Waals surface area contributed by atoms with Crippen LogP contribution < -0.4 is 10.1 Å². The number of carbonyl (C=O) groups is 1. The lowest BCUT2D eigenvalue weighted by Crippen LogP contribution is -2.18. The number of carbonyl (C=O) groups excluding carboxylic acids is 1. The number of H-pyrrole nitrogens is 1. The summed E-state index contributed by atoms with van der Waals surface area (Å²) in [5.41, 5.74) is 0.926. The number of benzene rings is 2. The highest BCUT2D eigenvalue weighted by atomic mass is 19.4. The van der Waals surface area contributed by atoms with Crippen molar-refractivity contribution in [1.82, 2.24) is 14.8 Å². The first-order valence-corrected chi connectivity index (χ1v) is 9.53. The fraction of sp³-hybridized carbons (Fsp3) is 0.182. The molecule has 0 aliphatic rings. The molecule has 0 aliphatic carbocycles. The number of amides is 1. The van der Waals surface area contributed by atoms with E-state index >= 15 is 0 Å². The highest BCUT2D eigenvalue weighted by Gasteiger charge is 2.35. The highest BCUT2D eigenvalue weighted by Crippen LogP contribution is 2.34. The Morgan fingerprint density at radius 3 is 2.65 bits per heavy atom. The second-order valence-corrected chi connectivity index (χ2v) is 6.83. The van der Waals surface area contributed by atoms with Crippen LogP contribution in [0.3, 0.4) is 0 Å². The summed E-state index contributed by atoms with van der Waals surface area (Å²) in [6.07, 6.45) is -4.63. The van der Waals surface area contributed by atoms with Gasteiger partial charge in [-0.1, -0.05) is 18.2 Å². The lowest BCUT2D eigenvalue weighted by molar-refractivity contribution is -0.137. The van der Waals surface area contributed by atoms with Crippen molar-refractivity contribution in [3.05, 3.63) is 65.7 Å². The van der Waals surface area contributed by atoms with Crippen molar-refractivity contribution in [2.24, 2.45) is 0 Å². The predicted molar refractivity (Wildman–Crippen MR) is 111 cm³/mol. The first kappa shape index (κ1) is 20.5. The van der Waals surface area contributed by atoms with Crippen LogP contribution in [0.15, 0.2) is 54.6 Å². The van der Waals surface area contributed by atoms with Gasteiger partial charge < -0.3 is 14.6 Å². The number of rotatable bonds is 5. The molecule has 6 nitrogen and oxygen atoms in total. The van der Waals surface area contributed by atoms with E-state index in [0.29, 0.717) is 12.2 Å². The molecule has 0 fully saturated rings. The van der Waals surface area contributed by atoms with Gasteiger partial charge in [-0.25, -0.2) is 0 Å². The maximum atomic E-state index is 13.2. The zero-order valence-corrected chi connectivity index (χ0v) is 16.7. The number of aromatic amines is 1. The fourth-order valence-corrected chi connectivity index (χ4v) is 3.63. The Morgan fingerprint density at radius 2 is 1.94 bits per heavy atom. The Morgan fingerprint density at radius 1 is 1.16 bits per heavy atom. The van der Waals surface area contributed by atoms with Crippen molar-refractivity contribution >= 4 is 22.6 Å². The van der Waals surface area contributed by atoms with E-state index in [1.54, 1.807) is 13.2 Å². The normalized spacial score (nSPS) is 11.6. The molecular weight excluding hydrogens is 409 g/mol. The molecule has 1 amide bonds. The van der Waals surface area contributed by atoms with Crippen molar-refractivity contribution in [3.8, 4) is 17.1 Å². The van der Waals surface area contributed by atoms with Gasteiger partial charge in [0, 0.05) is 18.0 Å². The molecule has 0 aliphatic heterocycles. The summed E-state index contributed by atoms with van der Waals surface area (Å²) < 4.78 is 47.1. The number of ether oxygens (including phenoxy) is 1. The molecule has 0 saturated carbocycles. The van der Waals surface area contributed by atoms with Gasteiger partial charge in [-0.3, -0.25) is 9.89 Å².